The lowest BCUT2D eigenvalue weighted by molar-refractivity contribution is -0.116. The molecule has 0 atom stereocenters. The smallest absolute Gasteiger partial charge is 0.227 e. The van der Waals surface area contributed by atoms with Crippen molar-refractivity contribution < 1.29 is 23.5 Å². The van der Waals surface area contributed by atoms with E-state index in [1.165, 1.54) is 23.1 Å². The first-order valence-corrected chi connectivity index (χ1v) is 14.6. The molecule has 0 fully saturated rings. The van der Waals surface area contributed by atoms with Gasteiger partial charge < -0.3 is 24.1 Å². The van der Waals surface area contributed by atoms with Crippen LogP contribution < -0.4 is 19.5 Å². The molecule has 2 aromatic heterocycles. The van der Waals surface area contributed by atoms with Crippen molar-refractivity contribution in [3.05, 3.63) is 90.3 Å². The van der Waals surface area contributed by atoms with Gasteiger partial charge in [-0.3, -0.25) is 4.79 Å². The summed E-state index contributed by atoms with van der Waals surface area (Å²) in [6, 6.07) is 25.0. The predicted octanol–water partition coefficient (Wildman–Crippen LogP) is 5.92. The second-order valence-electron chi connectivity index (χ2n) is 8.58. The molecule has 0 aliphatic carbocycles. The van der Waals surface area contributed by atoms with Gasteiger partial charge in [0.2, 0.25) is 22.8 Å². The number of benzene rings is 3. The number of hydrogen-bond acceptors (Lipinski definition) is 11. The summed E-state index contributed by atoms with van der Waals surface area (Å²) in [6.07, 6.45) is 0.440. The molecule has 3 aromatic carbocycles. The van der Waals surface area contributed by atoms with Crippen LogP contribution in [0.15, 0.2) is 87.7 Å². The number of nitrogens with zero attached hydrogens (tertiary/aromatic N) is 4. The third kappa shape index (κ3) is 8.29. The Morgan fingerprint density at radius 3 is 2.59 bits per heavy atom. The van der Waals surface area contributed by atoms with Gasteiger partial charge in [-0.2, -0.15) is 4.98 Å². The number of rotatable bonds is 14. The number of anilines is 1. The molecule has 0 bridgehead atoms. The maximum absolute atomic E-state index is 12.5. The van der Waals surface area contributed by atoms with Crippen molar-refractivity contribution in [3.8, 4) is 28.6 Å². The molecule has 5 rings (SSSR count). The zero-order valence-electron chi connectivity index (χ0n) is 22.2. The average Bonchev–Trinajstić information content (AvgIpc) is 3.68. The summed E-state index contributed by atoms with van der Waals surface area (Å²) < 4.78 is 23.2. The minimum Gasteiger partial charge on any atom is -0.493 e. The Balaban J connectivity index is 1.07. The van der Waals surface area contributed by atoms with E-state index in [0.717, 1.165) is 15.7 Å². The second kappa shape index (κ2) is 14.3. The van der Waals surface area contributed by atoms with Crippen LogP contribution in [0.25, 0.3) is 11.4 Å². The highest BCUT2D eigenvalue weighted by Crippen LogP contribution is 2.32. The third-order valence-corrected chi connectivity index (χ3v) is 7.60. The average molecular weight is 590 g/mol. The van der Waals surface area contributed by atoms with Gasteiger partial charge in [0.25, 0.3) is 0 Å². The number of aromatic nitrogens is 4. The van der Waals surface area contributed by atoms with E-state index in [-0.39, 0.29) is 18.7 Å². The number of para-hydroxylation sites is 1. The first-order valence-electron chi connectivity index (χ1n) is 12.8. The molecule has 41 heavy (non-hydrogen) atoms. The van der Waals surface area contributed by atoms with Crippen LogP contribution in [0.1, 0.15) is 17.9 Å². The molecular formula is C29H27N5O5S2. The summed E-state index contributed by atoms with van der Waals surface area (Å²) in [5.41, 5.74) is 1.77. The fourth-order valence-electron chi connectivity index (χ4n) is 3.66. The Hall–Kier alpha value is -4.42. The van der Waals surface area contributed by atoms with Gasteiger partial charge in [0.05, 0.1) is 13.7 Å². The van der Waals surface area contributed by atoms with Crippen LogP contribution in [-0.2, 0) is 17.8 Å². The Bertz CT molecular complexity index is 1550. The molecule has 0 saturated carbocycles. The van der Waals surface area contributed by atoms with E-state index in [4.69, 9.17) is 18.7 Å². The molecule has 5 aromatic rings. The molecule has 0 aliphatic heterocycles. The molecule has 0 radical (unpaired) electrons. The number of carbonyl (C=O) groups excluding carboxylic acids is 1. The van der Waals surface area contributed by atoms with Gasteiger partial charge in [-0.25, -0.2) is 0 Å². The van der Waals surface area contributed by atoms with Crippen molar-refractivity contribution >= 4 is 34.1 Å². The number of amides is 1. The van der Waals surface area contributed by atoms with Crippen LogP contribution in [0.5, 0.6) is 17.2 Å². The summed E-state index contributed by atoms with van der Waals surface area (Å²) in [4.78, 5) is 16.9. The van der Waals surface area contributed by atoms with Crippen LogP contribution in [0.2, 0.25) is 0 Å². The van der Waals surface area contributed by atoms with Crippen molar-refractivity contribution in [2.24, 2.45) is 0 Å². The quantitative estimate of drug-likeness (QED) is 0.0949. The summed E-state index contributed by atoms with van der Waals surface area (Å²) in [7, 11) is 1.58. The SMILES string of the molecule is COc1cc(-c2noc(CCC(=O)Nc3nnc(SCCOc4ccccc4)s3)n2)ccc1OCc1ccccc1. The van der Waals surface area contributed by atoms with E-state index < -0.39 is 0 Å². The number of aryl methyl sites for hydroxylation is 1. The zero-order valence-corrected chi connectivity index (χ0v) is 23.8. The van der Waals surface area contributed by atoms with E-state index in [0.29, 0.717) is 52.9 Å². The van der Waals surface area contributed by atoms with Gasteiger partial charge in [0.15, 0.2) is 15.8 Å². The minimum absolute atomic E-state index is 0.157. The predicted molar refractivity (Wildman–Crippen MR) is 157 cm³/mol. The summed E-state index contributed by atoms with van der Waals surface area (Å²) in [5, 5.41) is 15.4. The highest BCUT2D eigenvalue weighted by Gasteiger charge is 2.15. The van der Waals surface area contributed by atoms with Gasteiger partial charge in [0.1, 0.15) is 12.4 Å². The van der Waals surface area contributed by atoms with Crippen molar-refractivity contribution in [1.82, 2.24) is 20.3 Å². The molecule has 1 N–H and O–H groups in total. The van der Waals surface area contributed by atoms with Crippen molar-refractivity contribution in [3.63, 3.8) is 0 Å². The van der Waals surface area contributed by atoms with Gasteiger partial charge in [-0.15, -0.1) is 10.2 Å². The Morgan fingerprint density at radius 2 is 1.78 bits per heavy atom. The second-order valence-corrected chi connectivity index (χ2v) is 10.9. The van der Waals surface area contributed by atoms with E-state index in [9.17, 15) is 4.79 Å². The number of ether oxygens (including phenoxy) is 3. The van der Waals surface area contributed by atoms with E-state index in [1.54, 1.807) is 13.2 Å². The normalized spacial score (nSPS) is 10.8. The highest BCUT2D eigenvalue weighted by atomic mass is 32.2. The molecule has 0 spiro atoms. The van der Waals surface area contributed by atoms with E-state index >= 15 is 0 Å². The molecule has 10 nitrogen and oxygen atoms in total. The Labute approximate surface area is 245 Å². The summed E-state index contributed by atoms with van der Waals surface area (Å²) in [6.45, 7) is 0.965. The molecule has 0 saturated heterocycles. The minimum atomic E-state index is -0.216. The Kier molecular flexibility index (Phi) is 9.80. The number of nitrogens with one attached hydrogen (secondary N) is 1. The summed E-state index contributed by atoms with van der Waals surface area (Å²) in [5.74, 6) is 3.24. The number of thioether (sulfide) groups is 1. The van der Waals surface area contributed by atoms with Crippen molar-refractivity contribution in [2.75, 3.05) is 24.8 Å². The molecule has 2 heterocycles. The first kappa shape index (κ1) is 28.1. The molecule has 0 unspecified atom stereocenters. The van der Waals surface area contributed by atoms with Gasteiger partial charge in [-0.1, -0.05) is 76.8 Å². The molecule has 0 aliphatic rings. The van der Waals surface area contributed by atoms with Crippen molar-refractivity contribution in [1.29, 1.82) is 0 Å². The maximum atomic E-state index is 12.5. The van der Waals surface area contributed by atoms with Crippen LogP contribution in [0.3, 0.4) is 0 Å². The molecule has 1 amide bonds. The summed E-state index contributed by atoms with van der Waals surface area (Å²) >= 11 is 2.84. The van der Waals surface area contributed by atoms with Gasteiger partial charge in [0, 0.05) is 24.2 Å². The standard InChI is InChI=1S/C29H27N5O5S2/c1-36-24-18-21(12-13-23(24)38-19-20-8-4-2-5-9-20)27-31-26(39-34-27)15-14-25(35)30-28-32-33-29(41-28)40-17-16-37-22-10-6-3-7-11-22/h2-13,18H,14-17,19H2,1H3,(H,30,32,35). The highest BCUT2D eigenvalue weighted by molar-refractivity contribution is 8.01. The number of methoxy groups -OCH3 is 1. The van der Waals surface area contributed by atoms with Crippen LogP contribution in [0.4, 0.5) is 5.13 Å². The maximum Gasteiger partial charge on any atom is 0.227 e. The van der Waals surface area contributed by atoms with E-state index in [2.05, 4.69) is 25.7 Å². The fraction of sp³-hybridized carbons (Fsp3) is 0.207. The third-order valence-electron chi connectivity index (χ3n) is 5.67. The lowest BCUT2D eigenvalue weighted by Gasteiger charge is -2.11. The fourth-order valence-corrected chi connectivity index (χ4v) is 5.32. The monoisotopic (exact) mass is 589 g/mol. The van der Waals surface area contributed by atoms with Crippen LogP contribution >= 0.6 is 23.1 Å². The van der Waals surface area contributed by atoms with E-state index in [1.807, 2.05) is 72.8 Å². The zero-order chi connectivity index (χ0) is 28.3. The number of carbonyl (C=O) groups is 1. The Morgan fingerprint density at radius 1 is 0.976 bits per heavy atom. The van der Waals surface area contributed by atoms with Gasteiger partial charge >= 0.3 is 0 Å². The van der Waals surface area contributed by atoms with Crippen LogP contribution in [-0.4, -0.2) is 45.7 Å². The molecule has 210 valence electrons. The van der Waals surface area contributed by atoms with Crippen molar-refractivity contribution in [2.45, 2.75) is 23.8 Å². The largest absolute Gasteiger partial charge is 0.493 e. The van der Waals surface area contributed by atoms with Gasteiger partial charge in [-0.05, 0) is 35.9 Å². The topological polar surface area (TPSA) is 121 Å². The van der Waals surface area contributed by atoms with Crippen LogP contribution in [0, 0.1) is 0 Å². The molecule has 12 heteroatoms. The number of hydrogen-bond donors (Lipinski definition) is 1. The lowest BCUT2D eigenvalue weighted by atomic mass is 10.2. The lowest BCUT2D eigenvalue weighted by Crippen LogP contribution is -2.12. The first-order chi connectivity index (χ1) is 20.2. The molecular weight excluding hydrogens is 562 g/mol.